The molecule has 0 amide bonds. The van der Waals surface area contributed by atoms with Crippen LogP contribution in [0.2, 0.25) is 10.0 Å². The van der Waals surface area contributed by atoms with E-state index >= 15 is 0 Å². The van der Waals surface area contributed by atoms with Gasteiger partial charge >= 0.3 is 12.9 Å². The second-order valence-electron chi connectivity index (χ2n) is 5.36. The molecular formula is C17H18BCl2NO3. The molecule has 0 aliphatic heterocycles. The quantitative estimate of drug-likeness (QED) is 0.602. The van der Waals surface area contributed by atoms with Gasteiger partial charge in [0.1, 0.15) is 0 Å². The van der Waals surface area contributed by atoms with E-state index in [1.807, 2.05) is 24.3 Å². The van der Waals surface area contributed by atoms with Crippen LogP contribution in [0.3, 0.4) is 0 Å². The first-order valence-corrected chi connectivity index (χ1v) is 8.20. The van der Waals surface area contributed by atoms with Gasteiger partial charge in [0.15, 0.2) is 0 Å². The molecule has 2 aromatic carbocycles. The van der Waals surface area contributed by atoms with Crippen LogP contribution in [0.25, 0.3) is 0 Å². The lowest BCUT2D eigenvalue weighted by atomic mass is 9.55. The summed E-state index contributed by atoms with van der Waals surface area (Å²) in [5, 5.41) is 1.30. The van der Waals surface area contributed by atoms with Crippen molar-refractivity contribution in [1.82, 2.24) is 0 Å². The molecule has 4 nitrogen and oxygen atoms in total. The maximum atomic E-state index is 11.3. The number of nitrogens with two attached hydrogens (primary N) is 1. The fraction of sp³-hybridized carbons (Fsp3) is 0.235. The summed E-state index contributed by atoms with van der Waals surface area (Å²) in [6.07, 6.45) is 0.102. The van der Waals surface area contributed by atoms with Crippen LogP contribution in [-0.4, -0.2) is 32.6 Å². The van der Waals surface area contributed by atoms with Crippen molar-refractivity contribution in [3.63, 3.8) is 0 Å². The summed E-state index contributed by atoms with van der Waals surface area (Å²) in [5.74, 6) is -0.361. The minimum absolute atomic E-state index is 0.102. The molecule has 0 saturated heterocycles. The first-order chi connectivity index (χ1) is 11.5. The van der Waals surface area contributed by atoms with Crippen molar-refractivity contribution in [2.24, 2.45) is 5.73 Å². The Balaban J connectivity index is 2.15. The summed E-state index contributed by atoms with van der Waals surface area (Å²) >= 11 is 11.9. The smallest absolute Gasteiger partial charge is 0.361 e. The van der Waals surface area contributed by atoms with Crippen molar-refractivity contribution in [3.8, 4) is 0 Å². The summed E-state index contributed by atoms with van der Waals surface area (Å²) in [4.78, 5) is 11.3. The third-order valence-corrected chi connectivity index (χ3v) is 3.98. The zero-order valence-electron chi connectivity index (χ0n) is 13.2. The second-order valence-corrected chi connectivity index (χ2v) is 6.23. The highest BCUT2D eigenvalue weighted by atomic mass is 35.5. The molecule has 7 heteroatoms. The Kier molecular flexibility index (Phi) is 7.12. The average Bonchev–Trinajstić information content (AvgIpc) is 2.58. The van der Waals surface area contributed by atoms with E-state index in [2.05, 4.69) is 4.74 Å². The summed E-state index contributed by atoms with van der Waals surface area (Å²) in [6.45, 7) is -0.117. The zero-order valence-corrected chi connectivity index (χ0v) is 14.8. The summed E-state index contributed by atoms with van der Waals surface area (Å²) < 4.78 is 10.6. The molecule has 0 spiro atoms. The van der Waals surface area contributed by atoms with Crippen molar-refractivity contribution >= 4 is 47.0 Å². The number of hydrogen-bond acceptors (Lipinski definition) is 4. The molecular weight excluding hydrogens is 348 g/mol. The van der Waals surface area contributed by atoms with Gasteiger partial charge < -0.3 is 15.1 Å². The summed E-state index contributed by atoms with van der Waals surface area (Å²) in [7, 11) is 1.33. The van der Waals surface area contributed by atoms with Crippen molar-refractivity contribution in [2.45, 2.75) is 12.5 Å². The minimum Gasteiger partial charge on any atom is -0.469 e. The van der Waals surface area contributed by atoms with Crippen molar-refractivity contribution < 1.29 is 14.2 Å². The molecule has 0 heterocycles. The lowest BCUT2D eigenvalue weighted by Gasteiger charge is -2.18. The number of halogens is 2. The number of ether oxygens (including phenoxy) is 1. The van der Waals surface area contributed by atoms with Gasteiger partial charge in [-0.25, -0.2) is 0 Å². The average molecular weight is 366 g/mol. The highest BCUT2D eigenvalue weighted by Crippen LogP contribution is 2.08. The number of carbonyl (C=O) groups is 1. The third kappa shape index (κ3) is 5.53. The Hall–Kier alpha value is -1.53. The first-order valence-electron chi connectivity index (χ1n) is 7.44. The molecule has 0 bridgehead atoms. The van der Waals surface area contributed by atoms with Crippen molar-refractivity contribution in [2.75, 3.05) is 13.7 Å². The molecule has 0 saturated carbocycles. The third-order valence-electron chi connectivity index (χ3n) is 3.48. The SMILES string of the molecule is COC(=O)CC(N)COB(c1ccc(Cl)cc1)c1ccc(Cl)cc1. The van der Waals surface area contributed by atoms with Gasteiger partial charge in [-0.05, 0) is 35.2 Å². The number of rotatable bonds is 7. The van der Waals surface area contributed by atoms with Gasteiger partial charge in [-0.3, -0.25) is 4.79 Å². The van der Waals surface area contributed by atoms with E-state index in [1.54, 1.807) is 24.3 Å². The van der Waals surface area contributed by atoms with Crippen LogP contribution < -0.4 is 16.7 Å². The van der Waals surface area contributed by atoms with Crippen LogP contribution in [0.4, 0.5) is 0 Å². The largest absolute Gasteiger partial charge is 0.469 e. The molecule has 2 N–H and O–H groups in total. The highest BCUT2D eigenvalue weighted by Gasteiger charge is 2.23. The van der Waals surface area contributed by atoms with E-state index in [4.69, 9.17) is 33.6 Å². The van der Waals surface area contributed by atoms with Crippen molar-refractivity contribution in [1.29, 1.82) is 0 Å². The molecule has 0 aliphatic rings. The molecule has 24 heavy (non-hydrogen) atoms. The molecule has 126 valence electrons. The Morgan fingerprint density at radius 2 is 1.50 bits per heavy atom. The first kappa shape index (κ1) is 18.8. The Bertz CT molecular complexity index is 619. The van der Waals surface area contributed by atoms with Gasteiger partial charge in [-0.2, -0.15) is 0 Å². The van der Waals surface area contributed by atoms with Crippen molar-refractivity contribution in [3.05, 3.63) is 58.6 Å². The number of esters is 1. The maximum absolute atomic E-state index is 11.3. The van der Waals surface area contributed by atoms with Gasteiger partial charge in [0, 0.05) is 22.7 Å². The summed E-state index contributed by atoms with van der Waals surface area (Å²) in [6, 6.07) is 14.4. The molecule has 1 atom stereocenters. The molecule has 0 radical (unpaired) electrons. The molecule has 1 unspecified atom stereocenters. The predicted octanol–water partition coefficient (Wildman–Crippen LogP) is 2.01. The van der Waals surface area contributed by atoms with Crippen LogP contribution in [0.5, 0.6) is 0 Å². The van der Waals surface area contributed by atoms with Gasteiger partial charge in [-0.1, -0.05) is 47.5 Å². The Morgan fingerprint density at radius 1 is 1.04 bits per heavy atom. The number of methoxy groups -OCH3 is 1. The van der Waals surface area contributed by atoms with Crippen LogP contribution in [-0.2, 0) is 14.2 Å². The second kappa shape index (κ2) is 9.09. The maximum Gasteiger partial charge on any atom is 0.361 e. The summed E-state index contributed by atoms with van der Waals surface area (Å²) in [5.41, 5.74) is 7.81. The lowest BCUT2D eigenvalue weighted by molar-refractivity contribution is -0.141. The minimum atomic E-state index is -0.445. The van der Waals surface area contributed by atoms with Gasteiger partial charge in [0.05, 0.1) is 13.5 Å². The topological polar surface area (TPSA) is 61.5 Å². The zero-order chi connectivity index (χ0) is 17.5. The van der Waals surface area contributed by atoms with Crippen LogP contribution in [0.15, 0.2) is 48.5 Å². The Morgan fingerprint density at radius 3 is 1.92 bits per heavy atom. The molecule has 2 rings (SSSR count). The number of carbonyl (C=O) groups excluding carboxylic acids is 1. The fourth-order valence-electron chi connectivity index (χ4n) is 2.24. The van der Waals surface area contributed by atoms with E-state index in [0.717, 1.165) is 10.9 Å². The molecule has 2 aromatic rings. The predicted molar refractivity (Wildman–Crippen MR) is 98.5 cm³/mol. The number of benzene rings is 2. The molecule has 0 aliphatic carbocycles. The molecule has 0 fully saturated rings. The van der Waals surface area contributed by atoms with Crippen LogP contribution in [0, 0.1) is 0 Å². The Labute approximate surface area is 152 Å². The van der Waals surface area contributed by atoms with Crippen LogP contribution in [0.1, 0.15) is 6.42 Å². The van der Waals surface area contributed by atoms with E-state index in [9.17, 15) is 4.79 Å². The van der Waals surface area contributed by atoms with E-state index < -0.39 is 6.04 Å². The lowest BCUT2D eigenvalue weighted by Crippen LogP contribution is -2.47. The highest BCUT2D eigenvalue weighted by molar-refractivity contribution is 6.80. The van der Waals surface area contributed by atoms with E-state index in [1.165, 1.54) is 7.11 Å². The van der Waals surface area contributed by atoms with Crippen LogP contribution >= 0.6 is 23.2 Å². The van der Waals surface area contributed by atoms with Gasteiger partial charge in [-0.15, -0.1) is 0 Å². The standard InChI is InChI=1S/C17H18BCl2NO3/c1-23-17(22)10-16(21)11-24-18(12-2-6-14(19)7-3-12)13-4-8-15(20)9-5-13/h2-9,16H,10-11,21H2,1H3. The van der Waals surface area contributed by atoms with E-state index in [-0.39, 0.29) is 25.9 Å². The normalized spacial score (nSPS) is 11.8. The fourth-order valence-corrected chi connectivity index (χ4v) is 2.49. The molecule has 0 aromatic heterocycles. The van der Waals surface area contributed by atoms with Gasteiger partial charge in [0.2, 0.25) is 0 Å². The van der Waals surface area contributed by atoms with E-state index in [0.29, 0.717) is 10.0 Å². The number of hydrogen-bond donors (Lipinski definition) is 1. The monoisotopic (exact) mass is 365 g/mol. The van der Waals surface area contributed by atoms with Gasteiger partial charge in [0.25, 0.3) is 0 Å².